The standard InChI is InChI=1S/C26H30BrN5O4S/c27-21-8-4-6-19(16-21)25-29-24(36-30-25)18-31-13-5-7-20(17-31)26(33)28-22-9-11-23(12-10-22)37(34,35)32-14-2-1-3-15-32/h4,6,8-12,16,20H,1-3,5,7,13-15,17-18H2,(H,28,33). The van der Waals surface area contributed by atoms with E-state index in [9.17, 15) is 13.2 Å². The number of aromatic nitrogens is 2. The van der Waals surface area contributed by atoms with Gasteiger partial charge in [-0.15, -0.1) is 0 Å². The molecule has 1 N–H and O–H groups in total. The molecule has 1 aromatic heterocycles. The summed E-state index contributed by atoms with van der Waals surface area (Å²) in [6, 6.07) is 14.2. The first kappa shape index (κ1) is 26.0. The number of nitrogens with zero attached hydrogens (tertiary/aromatic N) is 4. The molecule has 9 nitrogen and oxygen atoms in total. The topological polar surface area (TPSA) is 109 Å². The van der Waals surface area contributed by atoms with E-state index < -0.39 is 10.0 Å². The van der Waals surface area contributed by atoms with Gasteiger partial charge in [-0.1, -0.05) is 39.6 Å². The van der Waals surface area contributed by atoms with Crippen LogP contribution in [0.2, 0.25) is 0 Å². The number of halogens is 1. The van der Waals surface area contributed by atoms with E-state index in [4.69, 9.17) is 4.52 Å². The van der Waals surface area contributed by atoms with E-state index in [0.717, 1.165) is 48.7 Å². The highest BCUT2D eigenvalue weighted by molar-refractivity contribution is 9.10. The zero-order chi connectivity index (χ0) is 25.8. The van der Waals surface area contributed by atoms with Crippen molar-refractivity contribution in [1.29, 1.82) is 0 Å². The quantitative estimate of drug-likeness (QED) is 0.432. The number of hydrogen-bond donors (Lipinski definition) is 1. The fourth-order valence-corrected chi connectivity index (χ4v) is 6.79. The van der Waals surface area contributed by atoms with Gasteiger partial charge in [0.05, 0.1) is 17.4 Å². The Morgan fingerprint density at radius 3 is 2.59 bits per heavy atom. The molecule has 2 aliphatic heterocycles. The Labute approximate surface area is 225 Å². The van der Waals surface area contributed by atoms with Gasteiger partial charge in [-0.25, -0.2) is 8.42 Å². The van der Waals surface area contributed by atoms with Gasteiger partial charge >= 0.3 is 0 Å². The molecule has 2 aromatic carbocycles. The Bertz CT molecular complexity index is 1340. The average molecular weight is 589 g/mol. The predicted molar refractivity (Wildman–Crippen MR) is 143 cm³/mol. The number of nitrogens with one attached hydrogen (secondary N) is 1. The SMILES string of the molecule is O=C(Nc1ccc(S(=O)(=O)N2CCCCC2)cc1)C1CCCN(Cc2nc(-c3cccc(Br)c3)no2)C1. The van der Waals surface area contributed by atoms with Crippen LogP contribution in [-0.2, 0) is 21.4 Å². The summed E-state index contributed by atoms with van der Waals surface area (Å²) in [5.41, 5.74) is 1.46. The minimum Gasteiger partial charge on any atom is -0.338 e. The van der Waals surface area contributed by atoms with E-state index in [2.05, 4.69) is 36.3 Å². The lowest BCUT2D eigenvalue weighted by Crippen LogP contribution is -2.40. The molecular formula is C26H30BrN5O4S. The number of likely N-dealkylation sites (tertiary alicyclic amines) is 1. The Morgan fingerprint density at radius 2 is 1.84 bits per heavy atom. The maximum absolute atomic E-state index is 13.0. The van der Waals surface area contributed by atoms with Crippen molar-refractivity contribution in [2.45, 2.75) is 43.5 Å². The molecule has 0 spiro atoms. The lowest BCUT2D eigenvalue weighted by atomic mass is 9.97. The van der Waals surface area contributed by atoms with Gasteiger partial charge in [0.15, 0.2) is 0 Å². The molecule has 0 aliphatic carbocycles. The van der Waals surface area contributed by atoms with Crippen LogP contribution in [-0.4, -0.2) is 59.8 Å². The summed E-state index contributed by atoms with van der Waals surface area (Å²) in [4.78, 5) is 19.9. The third-order valence-corrected chi connectivity index (χ3v) is 9.27. The number of hydrogen-bond acceptors (Lipinski definition) is 7. The first-order valence-corrected chi connectivity index (χ1v) is 14.8. The average Bonchev–Trinajstić information content (AvgIpc) is 3.38. The van der Waals surface area contributed by atoms with Crippen LogP contribution in [0.4, 0.5) is 5.69 Å². The summed E-state index contributed by atoms with van der Waals surface area (Å²) < 4.78 is 33.7. The maximum Gasteiger partial charge on any atom is 0.243 e. The molecule has 2 saturated heterocycles. The molecule has 1 amide bonds. The van der Waals surface area contributed by atoms with Gasteiger partial charge < -0.3 is 9.84 Å². The van der Waals surface area contributed by atoms with E-state index in [-0.39, 0.29) is 16.7 Å². The number of carbonyl (C=O) groups excluding carboxylic acids is 1. The Hall–Kier alpha value is -2.60. The Kier molecular flexibility index (Phi) is 8.04. The summed E-state index contributed by atoms with van der Waals surface area (Å²) in [6.07, 6.45) is 4.53. The highest BCUT2D eigenvalue weighted by Crippen LogP contribution is 2.25. The molecule has 196 valence electrons. The van der Waals surface area contributed by atoms with Gasteiger partial charge in [-0.05, 0) is 68.6 Å². The fourth-order valence-electron chi connectivity index (χ4n) is 4.88. The predicted octanol–water partition coefficient (Wildman–Crippen LogP) is 4.52. The third kappa shape index (κ3) is 6.28. The molecule has 0 bridgehead atoms. The number of piperidine rings is 2. The molecule has 5 rings (SSSR count). The highest BCUT2D eigenvalue weighted by atomic mass is 79.9. The largest absolute Gasteiger partial charge is 0.338 e. The Balaban J connectivity index is 1.17. The van der Waals surface area contributed by atoms with Crippen LogP contribution in [0, 0.1) is 5.92 Å². The Morgan fingerprint density at radius 1 is 1.05 bits per heavy atom. The zero-order valence-electron chi connectivity index (χ0n) is 20.5. The van der Waals surface area contributed by atoms with Gasteiger partial charge in [0.2, 0.25) is 27.6 Å². The monoisotopic (exact) mass is 587 g/mol. The molecule has 0 saturated carbocycles. The summed E-state index contributed by atoms with van der Waals surface area (Å²) in [7, 11) is -3.49. The normalized spacial score (nSPS) is 19.5. The van der Waals surface area contributed by atoms with Crippen molar-refractivity contribution in [3.8, 4) is 11.4 Å². The van der Waals surface area contributed by atoms with E-state index in [1.165, 1.54) is 0 Å². The zero-order valence-corrected chi connectivity index (χ0v) is 22.9. The molecule has 2 fully saturated rings. The molecule has 1 unspecified atom stereocenters. The summed E-state index contributed by atoms with van der Waals surface area (Å²) in [5, 5.41) is 7.05. The van der Waals surface area contributed by atoms with Gasteiger partial charge in [-0.3, -0.25) is 9.69 Å². The highest BCUT2D eigenvalue weighted by Gasteiger charge is 2.28. The molecule has 2 aliphatic rings. The fraction of sp³-hybridized carbons (Fsp3) is 0.423. The molecule has 0 radical (unpaired) electrons. The van der Waals surface area contributed by atoms with Crippen LogP contribution in [0.5, 0.6) is 0 Å². The number of benzene rings is 2. The lowest BCUT2D eigenvalue weighted by molar-refractivity contribution is -0.121. The number of amides is 1. The van der Waals surface area contributed by atoms with Crippen molar-refractivity contribution in [3.63, 3.8) is 0 Å². The first-order valence-electron chi connectivity index (χ1n) is 12.6. The summed E-state index contributed by atoms with van der Waals surface area (Å²) in [5.74, 6) is 0.796. The lowest BCUT2D eigenvalue weighted by Gasteiger charge is -2.30. The van der Waals surface area contributed by atoms with Crippen molar-refractivity contribution >= 4 is 37.5 Å². The molecule has 3 aromatic rings. The van der Waals surface area contributed by atoms with Crippen molar-refractivity contribution in [2.75, 3.05) is 31.5 Å². The maximum atomic E-state index is 13.0. The second-order valence-corrected chi connectivity index (χ2v) is 12.4. The number of sulfonamides is 1. The number of carbonyl (C=O) groups is 1. The van der Waals surface area contributed by atoms with Crippen molar-refractivity contribution in [1.82, 2.24) is 19.3 Å². The minimum atomic E-state index is -3.49. The van der Waals surface area contributed by atoms with Gasteiger partial charge in [-0.2, -0.15) is 9.29 Å². The molecule has 1 atom stereocenters. The van der Waals surface area contributed by atoms with E-state index in [0.29, 0.717) is 43.6 Å². The van der Waals surface area contributed by atoms with Gasteiger partial charge in [0.25, 0.3) is 0 Å². The third-order valence-electron chi connectivity index (χ3n) is 6.86. The van der Waals surface area contributed by atoms with Crippen LogP contribution in [0.1, 0.15) is 38.0 Å². The molecule has 37 heavy (non-hydrogen) atoms. The van der Waals surface area contributed by atoms with Crippen molar-refractivity contribution in [3.05, 3.63) is 58.9 Å². The minimum absolute atomic E-state index is 0.0725. The second-order valence-electron chi connectivity index (χ2n) is 9.57. The van der Waals surface area contributed by atoms with Gasteiger partial charge in [0.1, 0.15) is 0 Å². The molecule has 3 heterocycles. The van der Waals surface area contributed by atoms with E-state index >= 15 is 0 Å². The molecule has 11 heteroatoms. The van der Waals surface area contributed by atoms with Crippen molar-refractivity contribution < 1.29 is 17.7 Å². The summed E-state index contributed by atoms with van der Waals surface area (Å²) in [6.45, 7) is 3.04. The van der Waals surface area contributed by atoms with Crippen LogP contribution < -0.4 is 5.32 Å². The number of anilines is 1. The van der Waals surface area contributed by atoms with Crippen LogP contribution in [0.25, 0.3) is 11.4 Å². The van der Waals surface area contributed by atoms with Crippen molar-refractivity contribution in [2.24, 2.45) is 5.92 Å². The van der Waals surface area contributed by atoms with Crippen LogP contribution in [0.3, 0.4) is 0 Å². The number of rotatable bonds is 7. The van der Waals surface area contributed by atoms with E-state index in [1.807, 2.05) is 24.3 Å². The van der Waals surface area contributed by atoms with Gasteiger partial charge in [0, 0.05) is 35.4 Å². The smallest absolute Gasteiger partial charge is 0.243 e. The first-order chi connectivity index (χ1) is 17.9. The molecular weight excluding hydrogens is 558 g/mol. The summed E-state index contributed by atoms with van der Waals surface area (Å²) >= 11 is 3.46. The van der Waals surface area contributed by atoms with Crippen LogP contribution in [0.15, 0.2) is 62.4 Å². The second kappa shape index (κ2) is 11.4. The van der Waals surface area contributed by atoms with E-state index in [1.54, 1.807) is 28.6 Å². The van der Waals surface area contributed by atoms with Crippen LogP contribution >= 0.6 is 15.9 Å².